The minimum absolute atomic E-state index is 0.0511. The van der Waals surface area contributed by atoms with Gasteiger partial charge in [0, 0.05) is 37.7 Å². The van der Waals surface area contributed by atoms with E-state index in [1.807, 2.05) is 29.2 Å². The minimum Gasteiger partial charge on any atom is -0.348 e. The summed E-state index contributed by atoms with van der Waals surface area (Å²) >= 11 is 0. The van der Waals surface area contributed by atoms with Crippen molar-refractivity contribution in [3.8, 4) is 0 Å². The molecule has 1 saturated heterocycles. The standard InChI is InChI=1S/C20H29N3O2/c21-13-18(16-5-2-1-3-6-16)22-20(25)17-10-8-15(9-11-17)14-23-12-4-7-19(23)24/h8-11,16,18H,1-7,12-14,21H2,(H,22,25). The molecule has 5 nitrogen and oxygen atoms in total. The topological polar surface area (TPSA) is 75.4 Å². The van der Waals surface area contributed by atoms with Gasteiger partial charge in [-0.25, -0.2) is 0 Å². The number of nitrogens with two attached hydrogens (primary N) is 1. The molecule has 2 aliphatic rings. The van der Waals surface area contributed by atoms with Crippen molar-refractivity contribution in [1.82, 2.24) is 10.2 Å². The average Bonchev–Trinajstić information content (AvgIpc) is 3.05. The molecule has 1 aromatic rings. The monoisotopic (exact) mass is 343 g/mol. The van der Waals surface area contributed by atoms with Crippen LogP contribution in [0.2, 0.25) is 0 Å². The van der Waals surface area contributed by atoms with Gasteiger partial charge in [-0.2, -0.15) is 0 Å². The van der Waals surface area contributed by atoms with Crippen LogP contribution in [-0.2, 0) is 11.3 Å². The number of rotatable bonds is 6. The first-order valence-corrected chi connectivity index (χ1v) is 9.55. The van der Waals surface area contributed by atoms with Crippen LogP contribution in [0, 0.1) is 5.92 Å². The summed E-state index contributed by atoms with van der Waals surface area (Å²) in [5, 5.41) is 3.12. The van der Waals surface area contributed by atoms with Gasteiger partial charge in [-0.3, -0.25) is 9.59 Å². The van der Waals surface area contributed by atoms with Crippen LogP contribution in [0.5, 0.6) is 0 Å². The molecule has 1 aliphatic heterocycles. The molecule has 5 heteroatoms. The normalized spacial score (nSPS) is 19.9. The first kappa shape index (κ1) is 17.9. The molecule has 1 unspecified atom stereocenters. The van der Waals surface area contributed by atoms with Crippen molar-refractivity contribution < 1.29 is 9.59 Å². The largest absolute Gasteiger partial charge is 0.348 e. The number of nitrogens with one attached hydrogen (secondary N) is 1. The molecule has 136 valence electrons. The van der Waals surface area contributed by atoms with E-state index in [1.54, 1.807) is 0 Å². The third-order valence-electron chi connectivity index (χ3n) is 5.55. The van der Waals surface area contributed by atoms with Crippen LogP contribution in [0.4, 0.5) is 0 Å². The van der Waals surface area contributed by atoms with Crippen LogP contribution in [-0.4, -0.2) is 35.8 Å². The second-order valence-corrected chi connectivity index (χ2v) is 7.33. The van der Waals surface area contributed by atoms with E-state index in [1.165, 1.54) is 19.3 Å². The van der Waals surface area contributed by atoms with Gasteiger partial charge in [-0.15, -0.1) is 0 Å². The van der Waals surface area contributed by atoms with Gasteiger partial charge in [0.2, 0.25) is 5.91 Å². The highest BCUT2D eigenvalue weighted by Crippen LogP contribution is 2.26. The first-order chi connectivity index (χ1) is 12.2. The fourth-order valence-electron chi connectivity index (χ4n) is 4.01. The molecule has 2 fully saturated rings. The molecule has 25 heavy (non-hydrogen) atoms. The van der Waals surface area contributed by atoms with Gasteiger partial charge >= 0.3 is 0 Å². The number of amides is 2. The summed E-state index contributed by atoms with van der Waals surface area (Å²) in [6.45, 7) is 1.96. The Morgan fingerprint density at radius 2 is 1.88 bits per heavy atom. The molecule has 0 spiro atoms. The molecule has 1 heterocycles. The van der Waals surface area contributed by atoms with Gasteiger partial charge < -0.3 is 16.0 Å². The third kappa shape index (κ3) is 4.60. The molecule has 1 atom stereocenters. The highest BCUT2D eigenvalue weighted by molar-refractivity contribution is 5.94. The van der Waals surface area contributed by atoms with E-state index in [2.05, 4.69) is 5.32 Å². The van der Waals surface area contributed by atoms with Gasteiger partial charge in [0.25, 0.3) is 5.91 Å². The van der Waals surface area contributed by atoms with E-state index < -0.39 is 0 Å². The maximum absolute atomic E-state index is 12.5. The Hall–Kier alpha value is -1.88. The zero-order valence-electron chi connectivity index (χ0n) is 14.9. The minimum atomic E-state index is -0.0511. The molecular weight excluding hydrogens is 314 g/mol. The summed E-state index contributed by atoms with van der Waals surface area (Å²) in [6.07, 6.45) is 7.68. The molecule has 1 aromatic carbocycles. The van der Waals surface area contributed by atoms with Crippen LogP contribution < -0.4 is 11.1 Å². The average molecular weight is 343 g/mol. The number of likely N-dealkylation sites (tertiary alicyclic amines) is 1. The Labute approximate surface area is 150 Å². The lowest BCUT2D eigenvalue weighted by Crippen LogP contribution is -2.45. The van der Waals surface area contributed by atoms with E-state index in [9.17, 15) is 9.59 Å². The van der Waals surface area contributed by atoms with Crippen molar-refractivity contribution in [2.45, 2.75) is 57.5 Å². The SMILES string of the molecule is NCC(NC(=O)c1ccc(CN2CCCC2=O)cc1)C1CCCCC1. The summed E-state index contributed by atoms with van der Waals surface area (Å²) in [5.41, 5.74) is 7.63. The highest BCUT2D eigenvalue weighted by atomic mass is 16.2. The first-order valence-electron chi connectivity index (χ1n) is 9.55. The van der Waals surface area contributed by atoms with E-state index in [4.69, 9.17) is 5.73 Å². The number of hydrogen-bond acceptors (Lipinski definition) is 3. The number of hydrogen-bond donors (Lipinski definition) is 2. The van der Waals surface area contributed by atoms with Crippen LogP contribution in [0.25, 0.3) is 0 Å². The van der Waals surface area contributed by atoms with E-state index in [0.29, 0.717) is 31.0 Å². The Balaban J connectivity index is 1.57. The molecule has 0 radical (unpaired) electrons. The predicted octanol–water partition coefficient (Wildman–Crippen LogP) is 2.45. The maximum atomic E-state index is 12.5. The molecule has 1 saturated carbocycles. The molecule has 1 aliphatic carbocycles. The molecule has 3 N–H and O–H groups in total. The van der Waals surface area contributed by atoms with E-state index in [-0.39, 0.29) is 17.9 Å². The summed E-state index contributed by atoms with van der Waals surface area (Å²) in [4.78, 5) is 26.1. The molecular formula is C20H29N3O2. The van der Waals surface area contributed by atoms with Crippen molar-refractivity contribution in [3.63, 3.8) is 0 Å². The fourth-order valence-corrected chi connectivity index (χ4v) is 4.01. The van der Waals surface area contributed by atoms with Crippen molar-refractivity contribution in [3.05, 3.63) is 35.4 Å². The third-order valence-corrected chi connectivity index (χ3v) is 5.55. The van der Waals surface area contributed by atoms with Gasteiger partial charge in [0.1, 0.15) is 0 Å². The number of carbonyl (C=O) groups excluding carboxylic acids is 2. The summed E-state index contributed by atoms with van der Waals surface area (Å²) in [5.74, 6) is 0.674. The van der Waals surface area contributed by atoms with Crippen molar-refractivity contribution in [2.75, 3.05) is 13.1 Å². The van der Waals surface area contributed by atoms with Gasteiger partial charge in [-0.05, 0) is 42.9 Å². The van der Waals surface area contributed by atoms with Crippen LogP contribution >= 0.6 is 0 Å². The number of carbonyl (C=O) groups is 2. The summed E-state index contributed by atoms with van der Waals surface area (Å²) in [6, 6.07) is 7.64. The van der Waals surface area contributed by atoms with E-state index >= 15 is 0 Å². The Morgan fingerprint density at radius 1 is 1.16 bits per heavy atom. The Morgan fingerprint density at radius 3 is 2.48 bits per heavy atom. The van der Waals surface area contributed by atoms with Crippen LogP contribution in [0.1, 0.15) is 60.9 Å². The zero-order valence-corrected chi connectivity index (χ0v) is 14.9. The zero-order chi connectivity index (χ0) is 17.6. The second kappa shape index (κ2) is 8.48. The second-order valence-electron chi connectivity index (χ2n) is 7.33. The smallest absolute Gasteiger partial charge is 0.251 e. The number of nitrogens with zero attached hydrogens (tertiary/aromatic N) is 1. The van der Waals surface area contributed by atoms with Crippen molar-refractivity contribution >= 4 is 11.8 Å². The van der Waals surface area contributed by atoms with Crippen LogP contribution in [0.15, 0.2) is 24.3 Å². The number of benzene rings is 1. The lowest BCUT2D eigenvalue weighted by atomic mass is 9.84. The Kier molecular flexibility index (Phi) is 6.08. The van der Waals surface area contributed by atoms with E-state index in [0.717, 1.165) is 31.4 Å². The predicted molar refractivity (Wildman–Crippen MR) is 98.0 cm³/mol. The fraction of sp³-hybridized carbons (Fsp3) is 0.600. The highest BCUT2D eigenvalue weighted by Gasteiger charge is 2.24. The quantitative estimate of drug-likeness (QED) is 0.833. The van der Waals surface area contributed by atoms with Crippen molar-refractivity contribution in [1.29, 1.82) is 0 Å². The molecule has 0 bridgehead atoms. The lowest BCUT2D eigenvalue weighted by Gasteiger charge is -2.30. The molecule has 0 aromatic heterocycles. The van der Waals surface area contributed by atoms with Gasteiger partial charge in [0.05, 0.1) is 0 Å². The summed E-state index contributed by atoms with van der Waals surface area (Å²) in [7, 11) is 0. The summed E-state index contributed by atoms with van der Waals surface area (Å²) < 4.78 is 0. The molecule has 3 rings (SSSR count). The lowest BCUT2D eigenvalue weighted by molar-refractivity contribution is -0.128. The van der Waals surface area contributed by atoms with Crippen molar-refractivity contribution in [2.24, 2.45) is 11.7 Å². The van der Waals surface area contributed by atoms with Crippen LogP contribution in [0.3, 0.4) is 0 Å². The molecule has 2 amide bonds. The van der Waals surface area contributed by atoms with Gasteiger partial charge in [0.15, 0.2) is 0 Å². The Bertz CT molecular complexity index is 593. The van der Waals surface area contributed by atoms with Gasteiger partial charge in [-0.1, -0.05) is 31.4 Å². The maximum Gasteiger partial charge on any atom is 0.251 e.